The summed E-state index contributed by atoms with van der Waals surface area (Å²) in [4.78, 5) is 12.6. The average molecular weight is 237 g/mol. The van der Waals surface area contributed by atoms with E-state index in [-0.39, 0.29) is 16.9 Å². The first kappa shape index (κ1) is 13.1. The van der Waals surface area contributed by atoms with Gasteiger partial charge in [0.25, 0.3) is 0 Å². The predicted molar refractivity (Wildman–Crippen MR) is 70.9 cm³/mol. The first-order valence-electron chi connectivity index (χ1n) is 7.18. The van der Waals surface area contributed by atoms with E-state index in [4.69, 9.17) is 0 Å². The van der Waals surface area contributed by atoms with E-state index in [1.54, 1.807) is 0 Å². The standard InChI is InChI=1S/C15H27NO/c1-6-10(7-2)16-12-11-8-9-15(5,13(12)17)14(11,3)4/h10-12,16H,6-9H2,1-5H3/t11-,12+,15+/m1/s1. The van der Waals surface area contributed by atoms with Crippen LogP contribution in [0.15, 0.2) is 0 Å². The van der Waals surface area contributed by atoms with E-state index in [1.165, 1.54) is 6.42 Å². The molecule has 2 aliphatic rings. The Morgan fingerprint density at radius 1 is 1.29 bits per heavy atom. The van der Waals surface area contributed by atoms with Gasteiger partial charge in [-0.1, -0.05) is 34.6 Å². The van der Waals surface area contributed by atoms with Gasteiger partial charge in [-0.3, -0.25) is 4.79 Å². The van der Waals surface area contributed by atoms with Crippen LogP contribution in [0.5, 0.6) is 0 Å². The molecule has 17 heavy (non-hydrogen) atoms. The van der Waals surface area contributed by atoms with Crippen LogP contribution in [-0.4, -0.2) is 17.9 Å². The molecule has 0 amide bonds. The zero-order chi connectivity index (χ0) is 12.8. The largest absolute Gasteiger partial charge is 0.304 e. The molecule has 2 bridgehead atoms. The summed E-state index contributed by atoms with van der Waals surface area (Å²) >= 11 is 0. The molecule has 0 spiro atoms. The molecule has 0 aromatic rings. The van der Waals surface area contributed by atoms with Crippen LogP contribution in [0.3, 0.4) is 0 Å². The maximum Gasteiger partial charge on any atom is 0.156 e. The van der Waals surface area contributed by atoms with Crippen LogP contribution < -0.4 is 5.32 Å². The van der Waals surface area contributed by atoms with Crippen molar-refractivity contribution in [3.05, 3.63) is 0 Å². The number of nitrogens with one attached hydrogen (secondary N) is 1. The topological polar surface area (TPSA) is 29.1 Å². The summed E-state index contributed by atoms with van der Waals surface area (Å²) in [6, 6.07) is 0.622. The van der Waals surface area contributed by atoms with Gasteiger partial charge in [-0.2, -0.15) is 0 Å². The van der Waals surface area contributed by atoms with Crippen molar-refractivity contribution >= 4 is 5.78 Å². The molecule has 3 atom stereocenters. The molecule has 0 aliphatic heterocycles. The van der Waals surface area contributed by atoms with Crippen LogP contribution in [0.25, 0.3) is 0 Å². The molecule has 2 saturated carbocycles. The second-order valence-electron chi connectivity index (χ2n) is 6.72. The number of hydrogen-bond donors (Lipinski definition) is 1. The van der Waals surface area contributed by atoms with Crippen molar-refractivity contribution in [2.45, 2.75) is 72.4 Å². The van der Waals surface area contributed by atoms with Crippen LogP contribution in [0.4, 0.5) is 0 Å². The highest BCUT2D eigenvalue weighted by molar-refractivity contribution is 5.94. The molecule has 0 unspecified atom stereocenters. The second-order valence-corrected chi connectivity index (χ2v) is 6.72. The van der Waals surface area contributed by atoms with Crippen molar-refractivity contribution in [1.82, 2.24) is 5.32 Å². The second kappa shape index (κ2) is 4.08. The number of carbonyl (C=O) groups is 1. The lowest BCUT2D eigenvalue weighted by molar-refractivity contribution is -0.130. The van der Waals surface area contributed by atoms with Crippen molar-refractivity contribution in [3.8, 4) is 0 Å². The van der Waals surface area contributed by atoms with Crippen molar-refractivity contribution in [2.75, 3.05) is 0 Å². The highest BCUT2D eigenvalue weighted by atomic mass is 16.1. The van der Waals surface area contributed by atoms with E-state index < -0.39 is 0 Å². The molecular formula is C15H27NO. The fraction of sp³-hybridized carbons (Fsp3) is 0.933. The van der Waals surface area contributed by atoms with Crippen molar-refractivity contribution in [3.63, 3.8) is 0 Å². The van der Waals surface area contributed by atoms with Gasteiger partial charge in [-0.25, -0.2) is 0 Å². The number of carbonyl (C=O) groups excluding carboxylic acids is 1. The molecule has 2 rings (SSSR count). The van der Waals surface area contributed by atoms with E-state index in [2.05, 4.69) is 39.9 Å². The highest BCUT2D eigenvalue weighted by Crippen LogP contribution is 2.63. The maximum absolute atomic E-state index is 12.6. The summed E-state index contributed by atoms with van der Waals surface area (Å²) < 4.78 is 0. The molecule has 0 heterocycles. The predicted octanol–water partition coefficient (Wildman–Crippen LogP) is 3.16. The first-order chi connectivity index (χ1) is 7.88. The lowest BCUT2D eigenvalue weighted by Gasteiger charge is -2.32. The molecule has 0 saturated heterocycles. The van der Waals surface area contributed by atoms with Gasteiger partial charge in [0, 0.05) is 11.5 Å². The summed E-state index contributed by atoms with van der Waals surface area (Å²) in [5, 5.41) is 3.63. The normalized spacial score (nSPS) is 39.3. The summed E-state index contributed by atoms with van der Waals surface area (Å²) in [6.07, 6.45) is 4.53. The monoisotopic (exact) mass is 237 g/mol. The van der Waals surface area contributed by atoms with Crippen LogP contribution in [0, 0.1) is 16.7 Å². The fourth-order valence-electron chi connectivity index (χ4n) is 4.06. The molecule has 2 heteroatoms. The van der Waals surface area contributed by atoms with Crippen LogP contribution in [0.2, 0.25) is 0 Å². The van der Waals surface area contributed by atoms with Crippen molar-refractivity contribution in [2.24, 2.45) is 16.7 Å². The molecule has 2 aliphatic carbocycles. The third kappa shape index (κ3) is 1.60. The molecule has 1 N–H and O–H groups in total. The number of ketones is 1. The Balaban J connectivity index is 2.20. The maximum atomic E-state index is 12.6. The van der Waals surface area contributed by atoms with Gasteiger partial charge >= 0.3 is 0 Å². The zero-order valence-electron chi connectivity index (χ0n) is 12.0. The van der Waals surface area contributed by atoms with E-state index in [9.17, 15) is 4.79 Å². The molecule has 98 valence electrons. The third-order valence-corrected chi connectivity index (χ3v) is 5.93. The van der Waals surface area contributed by atoms with Gasteiger partial charge < -0.3 is 5.32 Å². The highest BCUT2D eigenvalue weighted by Gasteiger charge is 2.66. The summed E-state index contributed by atoms with van der Waals surface area (Å²) in [6.45, 7) is 11.2. The van der Waals surface area contributed by atoms with E-state index in [0.717, 1.165) is 19.3 Å². The van der Waals surface area contributed by atoms with Gasteiger partial charge in [0.15, 0.2) is 5.78 Å². The minimum atomic E-state index is -0.0820. The van der Waals surface area contributed by atoms with Crippen LogP contribution >= 0.6 is 0 Å². The Hall–Kier alpha value is -0.370. The minimum Gasteiger partial charge on any atom is -0.304 e. The zero-order valence-corrected chi connectivity index (χ0v) is 12.0. The quantitative estimate of drug-likeness (QED) is 0.813. The lowest BCUT2D eigenvalue weighted by atomic mass is 9.70. The summed E-state index contributed by atoms with van der Waals surface area (Å²) in [5.74, 6) is 1.02. The van der Waals surface area contributed by atoms with E-state index in [0.29, 0.717) is 17.7 Å². The molecule has 0 radical (unpaired) electrons. The Morgan fingerprint density at radius 3 is 2.29 bits per heavy atom. The average Bonchev–Trinajstić information content (AvgIpc) is 2.59. The van der Waals surface area contributed by atoms with Crippen molar-refractivity contribution < 1.29 is 4.79 Å². The molecule has 0 aromatic heterocycles. The van der Waals surface area contributed by atoms with Crippen LogP contribution in [0.1, 0.15) is 60.3 Å². The van der Waals surface area contributed by atoms with Crippen molar-refractivity contribution in [1.29, 1.82) is 0 Å². The Labute approximate surface area is 106 Å². The number of hydrogen-bond acceptors (Lipinski definition) is 2. The Morgan fingerprint density at radius 2 is 1.88 bits per heavy atom. The number of Topliss-reactive ketones (excluding diaryl/α,β-unsaturated/α-hetero) is 1. The summed E-state index contributed by atoms with van der Waals surface area (Å²) in [5.41, 5.74) is 0.0924. The van der Waals surface area contributed by atoms with Gasteiger partial charge in [0.1, 0.15) is 0 Å². The van der Waals surface area contributed by atoms with Gasteiger partial charge in [-0.05, 0) is 37.0 Å². The molecule has 2 fully saturated rings. The minimum absolute atomic E-state index is 0.0820. The molecule has 0 aromatic carbocycles. The first-order valence-corrected chi connectivity index (χ1v) is 7.18. The Bertz CT molecular complexity index is 319. The van der Waals surface area contributed by atoms with E-state index >= 15 is 0 Å². The van der Waals surface area contributed by atoms with Gasteiger partial charge in [-0.15, -0.1) is 0 Å². The molecule has 2 nitrogen and oxygen atoms in total. The number of fused-ring (bicyclic) bond motifs is 2. The lowest BCUT2D eigenvalue weighted by Crippen LogP contribution is -2.47. The van der Waals surface area contributed by atoms with Gasteiger partial charge in [0.2, 0.25) is 0 Å². The summed E-state index contributed by atoms with van der Waals surface area (Å²) in [7, 11) is 0. The van der Waals surface area contributed by atoms with E-state index in [1.807, 2.05) is 0 Å². The molecular weight excluding hydrogens is 210 g/mol. The number of rotatable bonds is 4. The third-order valence-electron chi connectivity index (χ3n) is 5.93. The fourth-order valence-corrected chi connectivity index (χ4v) is 4.06. The SMILES string of the molecule is CCC(CC)N[C@@H]1C(=O)[C@]2(C)CC[C@H]1C2(C)C. The Kier molecular flexibility index (Phi) is 3.14. The van der Waals surface area contributed by atoms with Gasteiger partial charge in [0.05, 0.1) is 6.04 Å². The van der Waals surface area contributed by atoms with Crippen LogP contribution in [-0.2, 0) is 4.79 Å². The smallest absolute Gasteiger partial charge is 0.156 e.